The molecule has 0 aliphatic rings. The normalized spacial score (nSPS) is 13.3. The molecule has 0 aliphatic heterocycles. The van der Waals surface area contributed by atoms with E-state index in [0.29, 0.717) is 6.42 Å². The van der Waals surface area contributed by atoms with E-state index in [1.165, 1.54) is 12.1 Å². The number of carbonyl (C=O) groups excluding carboxylic acids is 3. The van der Waals surface area contributed by atoms with Crippen molar-refractivity contribution in [1.82, 2.24) is 5.32 Å². The Morgan fingerprint density at radius 3 is 2.35 bits per heavy atom. The zero-order chi connectivity index (χ0) is 26.2. The standard InChI is InChI=1S/C22H33N3O8S/c1-6-11-32-18(27)21(3,4)14-22(5,7-2)19(28)33-12-10-24-20(29)25-16-9-8-15(13-17(16)26)34(23,30)31/h6,8-9,13,26H,1,7,10-12,14H2,2-5H3,(H2,23,30,31)(H2,24,25,29). The molecule has 11 nitrogen and oxygen atoms in total. The number of hydrogen-bond acceptors (Lipinski definition) is 8. The van der Waals surface area contributed by atoms with Gasteiger partial charge in [-0.05, 0) is 45.7 Å². The van der Waals surface area contributed by atoms with Crippen molar-refractivity contribution in [2.24, 2.45) is 16.0 Å². The second-order valence-corrected chi connectivity index (χ2v) is 10.2. The number of primary sulfonamides is 1. The molecule has 34 heavy (non-hydrogen) atoms. The molecule has 5 N–H and O–H groups in total. The number of anilines is 1. The van der Waals surface area contributed by atoms with E-state index in [4.69, 9.17) is 14.6 Å². The van der Waals surface area contributed by atoms with Crippen LogP contribution in [-0.2, 0) is 29.1 Å². The Kier molecular flexibility index (Phi) is 10.1. The number of benzene rings is 1. The van der Waals surface area contributed by atoms with Crippen LogP contribution in [0.5, 0.6) is 5.75 Å². The molecular formula is C22H33N3O8S. The lowest BCUT2D eigenvalue weighted by atomic mass is 9.72. The summed E-state index contributed by atoms with van der Waals surface area (Å²) in [6, 6.07) is 2.52. The zero-order valence-corrected chi connectivity index (χ0v) is 20.7. The number of nitrogens with one attached hydrogen (secondary N) is 2. The van der Waals surface area contributed by atoms with Gasteiger partial charge in [-0.2, -0.15) is 0 Å². The van der Waals surface area contributed by atoms with Crippen LogP contribution in [0.2, 0.25) is 0 Å². The predicted molar refractivity (Wildman–Crippen MR) is 125 cm³/mol. The smallest absolute Gasteiger partial charge is 0.319 e. The van der Waals surface area contributed by atoms with E-state index in [-0.39, 0.29) is 36.8 Å². The molecule has 1 unspecified atom stereocenters. The molecular weight excluding hydrogens is 466 g/mol. The van der Waals surface area contributed by atoms with E-state index in [2.05, 4.69) is 17.2 Å². The van der Waals surface area contributed by atoms with Crippen LogP contribution in [0.25, 0.3) is 0 Å². The molecule has 0 aromatic heterocycles. The van der Waals surface area contributed by atoms with Gasteiger partial charge in [-0.1, -0.05) is 19.6 Å². The van der Waals surface area contributed by atoms with Gasteiger partial charge in [0.25, 0.3) is 0 Å². The maximum atomic E-state index is 12.7. The molecule has 0 fully saturated rings. The highest BCUT2D eigenvalue weighted by Gasteiger charge is 2.42. The van der Waals surface area contributed by atoms with E-state index in [9.17, 15) is 27.9 Å². The first-order valence-corrected chi connectivity index (χ1v) is 12.1. The van der Waals surface area contributed by atoms with Gasteiger partial charge in [-0.25, -0.2) is 18.4 Å². The Bertz CT molecular complexity index is 1020. The summed E-state index contributed by atoms with van der Waals surface area (Å²) in [5, 5.41) is 19.7. The summed E-state index contributed by atoms with van der Waals surface area (Å²) < 4.78 is 33.0. The lowest BCUT2D eigenvalue weighted by Gasteiger charge is -2.33. The summed E-state index contributed by atoms with van der Waals surface area (Å²) in [6.07, 6.45) is 2.09. The van der Waals surface area contributed by atoms with E-state index in [1.807, 2.05) is 6.92 Å². The highest BCUT2D eigenvalue weighted by Crippen LogP contribution is 2.38. The average molecular weight is 500 g/mol. The topological polar surface area (TPSA) is 174 Å². The maximum absolute atomic E-state index is 12.7. The number of phenolic OH excluding ortho intramolecular Hbond substituents is 1. The van der Waals surface area contributed by atoms with E-state index in [0.717, 1.165) is 12.1 Å². The molecule has 190 valence electrons. The first-order chi connectivity index (χ1) is 15.7. The molecule has 1 atom stereocenters. The van der Waals surface area contributed by atoms with Gasteiger partial charge in [-0.15, -0.1) is 0 Å². The van der Waals surface area contributed by atoms with Gasteiger partial charge in [0.1, 0.15) is 19.0 Å². The number of nitrogens with two attached hydrogens (primary N) is 1. The van der Waals surface area contributed by atoms with Crippen molar-refractivity contribution in [3.05, 3.63) is 30.9 Å². The Labute approximate surface area is 199 Å². The van der Waals surface area contributed by atoms with Crippen LogP contribution in [0, 0.1) is 10.8 Å². The third kappa shape index (κ3) is 8.34. The maximum Gasteiger partial charge on any atom is 0.319 e. The second kappa shape index (κ2) is 11.8. The fourth-order valence-electron chi connectivity index (χ4n) is 3.16. The summed E-state index contributed by atoms with van der Waals surface area (Å²) in [7, 11) is -4.00. The monoisotopic (exact) mass is 499 g/mol. The molecule has 0 radical (unpaired) electrons. The Morgan fingerprint density at radius 1 is 1.18 bits per heavy atom. The van der Waals surface area contributed by atoms with Crippen molar-refractivity contribution >= 4 is 33.7 Å². The second-order valence-electron chi connectivity index (χ2n) is 8.60. The average Bonchev–Trinajstić information content (AvgIpc) is 2.74. The van der Waals surface area contributed by atoms with Gasteiger partial charge in [0.15, 0.2) is 0 Å². The van der Waals surface area contributed by atoms with Gasteiger partial charge >= 0.3 is 18.0 Å². The van der Waals surface area contributed by atoms with Crippen LogP contribution in [0.3, 0.4) is 0 Å². The quantitative estimate of drug-likeness (QED) is 0.147. The van der Waals surface area contributed by atoms with Gasteiger partial charge in [0.2, 0.25) is 10.0 Å². The minimum atomic E-state index is -4.00. The van der Waals surface area contributed by atoms with Crippen LogP contribution in [0.4, 0.5) is 10.5 Å². The molecule has 0 spiro atoms. The van der Waals surface area contributed by atoms with E-state index in [1.54, 1.807) is 20.8 Å². The van der Waals surface area contributed by atoms with Gasteiger partial charge < -0.3 is 25.2 Å². The number of phenols is 1. The number of ether oxygens (including phenoxy) is 2. The third-order valence-corrected chi connectivity index (χ3v) is 6.07. The molecule has 0 aliphatic carbocycles. The molecule has 12 heteroatoms. The molecule has 1 aromatic rings. The number of sulfonamides is 1. The highest BCUT2D eigenvalue weighted by atomic mass is 32.2. The number of carbonyl (C=O) groups is 3. The fraction of sp³-hybridized carbons (Fsp3) is 0.500. The summed E-state index contributed by atoms with van der Waals surface area (Å²) in [6.45, 7) is 10.3. The fourth-order valence-corrected chi connectivity index (χ4v) is 3.70. The number of urea groups is 1. The molecule has 0 heterocycles. The minimum absolute atomic E-state index is 0.0296. The van der Waals surface area contributed by atoms with E-state index >= 15 is 0 Å². The van der Waals surface area contributed by atoms with Crippen molar-refractivity contribution in [3.63, 3.8) is 0 Å². The molecule has 0 bridgehead atoms. The van der Waals surface area contributed by atoms with Crippen LogP contribution >= 0.6 is 0 Å². The van der Waals surface area contributed by atoms with Crippen molar-refractivity contribution < 1.29 is 37.4 Å². The van der Waals surface area contributed by atoms with Crippen molar-refractivity contribution in [1.29, 1.82) is 0 Å². The van der Waals surface area contributed by atoms with Crippen molar-refractivity contribution in [2.45, 2.75) is 45.4 Å². The molecule has 0 saturated carbocycles. The van der Waals surface area contributed by atoms with Gasteiger partial charge in [0, 0.05) is 6.07 Å². The third-order valence-electron chi connectivity index (χ3n) is 5.16. The first-order valence-electron chi connectivity index (χ1n) is 10.5. The summed E-state index contributed by atoms with van der Waals surface area (Å²) in [4.78, 5) is 36.7. The Balaban J connectivity index is 2.60. The van der Waals surface area contributed by atoms with Crippen LogP contribution in [0.15, 0.2) is 35.7 Å². The summed E-state index contributed by atoms with van der Waals surface area (Å²) >= 11 is 0. The highest BCUT2D eigenvalue weighted by molar-refractivity contribution is 7.89. The molecule has 2 amide bonds. The number of amides is 2. The lowest BCUT2D eigenvalue weighted by molar-refractivity contribution is -0.162. The lowest BCUT2D eigenvalue weighted by Crippen LogP contribution is -2.39. The number of hydrogen-bond donors (Lipinski definition) is 4. The predicted octanol–water partition coefficient (Wildman–Crippen LogP) is 2.27. The first kappa shape index (κ1) is 28.9. The summed E-state index contributed by atoms with van der Waals surface area (Å²) in [5.74, 6) is -1.45. The Hall–Kier alpha value is -3.12. The largest absolute Gasteiger partial charge is 0.506 e. The molecule has 1 rings (SSSR count). The summed E-state index contributed by atoms with van der Waals surface area (Å²) in [5.41, 5.74) is -1.91. The van der Waals surface area contributed by atoms with Crippen LogP contribution in [0.1, 0.15) is 40.5 Å². The number of aromatic hydroxyl groups is 1. The van der Waals surface area contributed by atoms with Gasteiger partial charge in [0.05, 0.1) is 28.0 Å². The van der Waals surface area contributed by atoms with Crippen molar-refractivity contribution in [3.8, 4) is 5.75 Å². The Morgan fingerprint density at radius 2 is 1.82 bits per heavy atom. The zero-order valence-electron chi connectivity index (χ0n) is 19.8. The molecule has 0 saturated heterocycles. The van der Waals surface area contributed by atoms with Crippen molar-refractivity contribution in [2.75, 3.05) is 25.1 Å². The van der Waals surface area contributed by atoms with Crippen LogP contribution in [-0.4, -0.2) is 51.3 Å². The van der Waals surface area contributed by atoms with E-state index < -0.39 is 44.6 Å². The SMILES string of the molecule is C=CCOC(=O)C(C)(C)CC(C)(CC)C(=O)OCCNC(=O)Nc1ccc(S(N)(=O)=O)cc1O. The minimum Gasteiger partial charge on any atom is -0.506 e. The van der Waals surface area contributed by atoms with Gasteiger partial charge in [-0.3, -0.25) is 9.59 Å². The van der Waals surface area contributed by atoms with Crippen LogP contribution < -0.4 is 15.8 Å². The molecule has 1 aromatic carbocycles. The number of esters is 2. The number of rotatable bonds is 12.